The van der Waals surface area contributed by atoms with E-state index in [-0.39, 0.29) is 0 Å². The van der Waals surface area contributed by atoms with Gasteiger partial charge in [0.25, 0.3) is 0 Å². The number of fused-ring (bicyclic) bond motifs is 2. The van der Waals surface area contributed by atoms with Crippen LogP contribution in [0, 0.1) is 0 Å². The largest absolute Gasteiger partial charge is 0.358 e. The van der Waals surface area contributed by atoms with E-state index in [1.54, 1.807) is 0 Å². The summed E-state index contributed by atoms with van der Waals surface area (Å²) in [7, 11) is 0. The number of H-pyrrole nitrogens is 2. The summed E-state index contributed by atoms with van der Waals surface area (Å²) in [6.07, 6.45) is 2.88. The number of hydrogen-bond donors (Lipinski definition) is 2. The van der Waals surface area contributed by atoms with Crippen molar-refractivity contribution in [3.63, 3.8) is 0 Å². The van der Waals surface area contributed by atoms with Crippen molar-refractivity contribution in [3.8, 4) is 0 Å². The Hall–Kier alpha value is -1.96. The summed E-state index contributed by atoms with van der Waals surface area (Å²) in [5.74, 6) is 0. The Balaban J connectivity index is 2.32. The van der Waals surface area contributed by atoms with Crippen molar-refractivity contribution in [3.05, 3.63) is 42.2 Å². The van der Waals surface area contributed by atoms with Gasteiger partial charge in [-0.05, 0) is 36.8 Å². The zero-order valence-corrected chi connectivity index (χ0v) is 9.30. The minimum atomic E-state index is 1.04. The molecule has 16 heavy (non-hydrogen) atoms. The van der Waals surface area contributed by atoms with Crippen molar-refractivity contribution in [2.45, 2.75) is 13.3 Å². The molecule has 1 aromatic carbocycles. The van der Waals surface area contributed by atoms with Crippen molar-refractivity contribution < 1.29 is 0 Å². The highest BCUT2D eigenvalue weighted by atomic mass is 14.7. The topological polar surface area (TPSA) is 31.6 Å². The molecule has 0 aliphatic carbocycles. The molecule has 2 N–H and O–H groups in total. The van der Waals surface area contributed by atoms with Crippen LogP contribution in [-0.4, -0.2) is 9.97 Å². The molecule has 3 aromatic rings. The molecule has 0 radical (unpaired) electrons. The lowest BCUT2D eigenvalue weighted by atomic mass is 10.2. The molecular formula is C14H14N2. The standard InChI is InChI=1S/C14H14N2/c1-3-11-6-9-5-10-7-12(4-2)16-14(10)8-13(9)15-11/h3,5-8,15-16H,1,4H2,2H3. The first-order valence-electron chi connectivity index (χ1n) is 5.57. The summed E-state index contributed by atoms with van der Waals surface area (Å²) in [5, 5.41) is 2.52. The molecular weight excluding hydrogens is 196 g/mol. The van der Waals surface area contributed by atoms with Crippen LogP contribution < -0.4 is 0 Å². The van der Waals surface area contributed by atoms with Gasteiger partial charge in [0.15, 0.2) is 0 Å². The fourth-order valence-electron chi connectivity index (χ4n) is 2.15. The van der Waals surface area contributed by atoms with Crippen LogP contribution in [0.25, 0.3) is 27.9 Å². The van der Waals surface area contributed by atoms with Crippen LogP contribution in [0.4, 0.5) is 0 Å². The van der Waals surface area contributed by atoms with E-state index in [0.29, 0.717) is 0 Å². The fourth-order valence-corrected chi connectivity index (χ4v) is 2.15. The van der Waals surface area contributed by atoms with Gasteiger partial charge in [0, 0.05) is 33.2 Å². The Labute approximate surface area is 94.0 Å². The third-order valence-corrected chi connectivity index (χ3v) is 3.04. The number of rotatable bonds is 2. The van der Waals surface area contributed by atoms with E-state index in [4.69, 9.17) is 0 Å². The number of nitrogens with one attached hydrogen (secondary N) is 2. The lowest BCUT2D eigenvalue weighted by molar-refractivity contribution is 1.07. The Morgan fingerprint density at radius 3 is 2.56 bits per heavy atom. The molecule has 0 unspecified atom stereocenters. The highest BCUT2D eigenvalue weighted by Gasteiger charge is 2.03. The monoisotopic (exact) mass is 210 g/mol. The highest BCUT2D eigenvalue weighted by molar-refractivity contribution is 5.96. The van der Waals surface area contributed by atoms with Gasteiger partial charge in [-0.1, -0.05) is 13.5 Å². The van der Waals surface area contributed by atoms with Gasteiger partial charge in [-0.2, -0.15) is 0 Å². The van der Waals surface area contributed by atoms with Crippen LogP contribution in [0.3, 0.4) is 0 Å². The van der Waals surface area contributed by atoms with Gasteiger partial charge in [-0.3, -0.25) is 0 Å². The summed E-state index contributed by atoms with van der Waals surface area (Å²) >= 11 is 0. The second-order valence-electron chi connectivity index (χ2n) is 4.10. The van der Waals surface area contributed by atoms with Crippen molar-refractivity contribution in [2.75, 3.05) is 0 Å². The zero-order valence-electron chi connectivity index (χ0n) is 9.30. The second-order valence-corrected chi connectivity index (χ2v) is 4.10. The van der Waals surface area contributed by atoms with Gasteiger partial charge in [0.2, 0.25) is 0 Å². The van der Waals surface area contributed by atoms with E-state index in [1.807, 2.05) is 6.08 Å². The van der Waals surface area contributed by atoms with E-state index < -0.39 is 0 Å². The lowest BCUT2D eigenvalue weighted by Gasteiger charge is -1.91. The maximum Gasteiger partial charge on any atom is 0.0479 e. The second kappa shape index (κ2) is 3.27. The van der Waals surface area contributed by atoms with E-state index in [1.165, 1.54) is 22.0 Å². The maximum atomic E-state index is 3.77. The van der Waals surface area contributed by atoms with Gasteiger partial charge in [-0.25, -0.2) is 0 Å². The van der Waals surface area contributed by atoms with Gasteiger partial charge < -0.3 is 9.97 Å². The van der Waals surface area contributed by atoms with E-state index >= 15 is 0 Å². The molecule has 0 aliphatic heterocycles. The zero-order chi connectivity index (χ0) is 11.1. The average molecular weight is 210 g/mol. The van der Waals surface area contributed by atoms with Crippen molar-refractivity contribution in [2.24, 2.45) is 0 Å². The molecule has 0 fully saturated rings. The molecule has 0 amide bonds. The third-order valence-electron chi connectivity index (χ3n) is 3.04. The number of benzene rings is 1. The van der Waals surface area contributed by atoms with Crippen LogP contribution in [0.2, 0.25) is 0 Å². The molecule has 80 valence electrons. The quantitative estimate of drug-likeness (QED) is 0.643. The molecule has 0 atom stereocenters. The van der Waals surface area contributed by atoms with Gasteiger partial charge in [0.1, 0.15) is 0 Å². The molecule has 2 heteroatoms. The predicted octanol–water partition coefficient (Wildman–Crippen LogP) is 3.85. The Morgan fingerprint density at radius 1 is 1.06 bits per heavy atom. The van der Waals surface area contributed by atoms with Gasteiger partial charge in [0.05, 0.1) is 0 Å². The number of aryl methyl sites for hydroxylation is 1. The van der Waals surface area contributed by atoms with E-state index in [2.05, 4.69) is 47.7 Å². The van der Waals surface area contributed by atoms with Crippen LogP contribution >= 0.6 is 0 Å². The van der Waals surface area contributed by atoms with Crippen molar-refractivity contribution >= 4 is 27.9 Å². The molecule has 3 rings (SSSR count). The van der Waals surface area contributed by atoms with Crippen LogP contribution in [0.15, 0.2) is 30.8 Å². The summed E-state index contributed by atoms with van der Waals surface area (Å²) < 4.78 is 0. The molecule has 2 heterocycles. The van der Waals surface area contributed by atoms with Crippen LogP contribution in [0.5, 0.6) is 0 Å². The average Bonchev–Trinajstić information content (AvgIpc) is 2.86. The van der Waals surface area contributed by atoms with Crippen molar-refractivity contribution in [1.82, 2.24) is 9.97 Å². The Morgan fingerprint density at radius 2 is 1.81 bits per heavy atom. The number of hydrogen-bond acceptors (Lipinski definition) is 0. The number of aromatic nitrogens is 2. The summed E-state index contributed by atoms with van der Waals surface area (Å²) in [6, 6.07) is 8.72. The molecule has 0 saturated heterocycles. The first-order valence-corrected chi connectivity index (χ1v) is 5.57. The molecule has 2 nitrogen and oxygen atoms in total. The van der Waals surface area contributed by atoms with Crippen LogP contribution in [0.1, 0.15) is 18.3 Å². The third kappa shape index (κ3) is 1.27. The normalized spacial score (nSPS) is 11.3. The summed E-state index contributed by atoms with van der Waals surface area (Å²) in [4.78, 5) is 6.75. The molecule has 0 bridgehead atoms. The minimum Gasteiger partial charge on any atom is -0.358 e. The van der Waals surface area contributed by atoms with Gasteiger partial charge >= 0.3 is 0 Å². The molecule has 0 aliphatic rings. The first kappa shape index (κ1) is 9.28. The maximum absolute atomic E-state index is 3.77. The Bertz CT molecular complexity index is 619. The Kier molecular flexibility index (Phi) is 1.90. The fraction of sp³-hybridized carbons (Fsp3) is 0.143. The molecule has 0 spiro atoms. The van der Waals surface area contributed by atoms with E-state index in [9.17, 15) is 0 Å². The van der Waals surface area contributed by atoms with E-state index in [0.717, 1.165) is 17.6 Å². The van der Waals surface area contributed by atoms with Crippen LogP contribution in [-0.2, 0) is 6.42 Å². The number of aromatic amines is 2. The smallest absolute Gasteiger partial charge is 0.0479 e. The SMILES string of the molecule is C=Cc1cc2cc3cc(CC)[nH]c3cc2[nH]1. The van der Waals surface area contributed by atoms with Crippen molar-refractivity contribution in [1.29, 1.82) is 0 Å². The highest BCUT2D eigenvalue weighted by Crippen LogP contribution is 2.24. The first-order chi connectivity index (χ1) is 7.80. The van der Waals surface area contributed by atoms with Gasteiger partial charge in [-0.15, -0.1) is 0 Å². The predicted molar refractivity (Wildman–Crippen MR) is 69.6 cm³/mol. The molecule has 2 aromatic heterocycles. The lowest BCUT2D eigenvalue weighted by Crippen LogP contribution is -1.75. The molecule has 0 saturated carbocycles. The summed E-state index contributed by atoms with van der Waals surface area (Å²) in [6.45, 7) is 5.93. The minimum absolute atomic E-state index is 1.04. The summed E-state index contributed by atoms with van der Waals surface area (Å²) in [5.41, 5.74) is 4.71.